The van der Waals surface area contributed by atoms with E-state index in [9.17, 15) is 0 Å². The number of hydrogen-bond acceptors (Lipinski definition) is 4. The second-order valence-corrected chi connectivity index (χ2v) is 5.53. The van der Waals surface area contributed by atoms with Gasteiger partial charge in [-0.15, -0.1) is 0 Å². The fraction of sp³-hybridized carbons (Fsp3) is 0.462. The number of hydrogen-bond donors (Lipinski definition) is 1. The lowest BCUT2D eigenvalue weighted by atomic mass is 10.1. The predicted molar refractivity (Wildman–Crippen MR) is 74.1 cm³/mol. The molecule has 0 fully saturated rings. The molecule has 17 heavy (non-hydrogen) atoms. The van der Waals surface area contributed by atoms with Gasteiger partial charge in [-0.3, -0.25) is 4.99 Å². The second-order valence-electron chi connectivity index (χ2n) is 4.10. The molecule has 0 aromatic heterocycles. The van der Waals surface area contributed by atoms with E-state index < -0.39 is 0 Å². The molecule has 1 N–H and O–H groups in total. The van der Waals surface area contributed by atoms with Gasteiger partial charge in [0, 0.05) is 11.8 Å². The van der Waals surface area contributed by atoms with E-state index in [0.717, 1.165) is 30.4 Å². The van der Waals surface area contributed by atoms with Crippen LogP contribution in [-0.4, -0.2) is 30.6 Å². The zero-order valence-corrected chi connectivity index (χ0v) is 11.1. The Kier molecular flexibility index (Phi) is 4.31. The highest BCUT2D eigenvalue weighted by atomic mass is 32.2. The smallest absolute Gasteiger partial charge is 0.156 e. The fourth-order valence-electron chi connectivity index (χ4n) is 1.68. The Morgan fingerprint density at radius 2 is 2.18 bits per heavy atom. The molecule has 1 aromatic rings. The standard InChI is InChI=1S/C13H18N2OS/c1-10-9-15-13(17-10)14-8-7-11-3-5-12(16-2)6-4-11/h3-6,10H,7-9H2,1-2H3,(H,14,15)/t10-/m1/s1. The monoisotopic (exact) mass is 250 g/mol. The summed E-state index contributed by atoms with van der Waals surface area (Å²) in [5, 5.41) is 5.08. The first kappa shape index (κ1) is 12.3. The molecule has 1 heterocycles. The lowest BCUT2D eigenvalue weighted by Crippen LogP contribution is -2.22. The summed E-state index contributed by atoms with van der Waals surface area (Å²) in [5.41, 5.74) is 1.31. The molecule has 0 saturated heterocycles. The number of nitrogens with zero attached hydrogens (tertiary/aromatic N) is 1. The van der Waals surface area contributed by atoms with Crippen LogP contribution in [-0.2, 0) is 6.42 Å². The van der Waals surface area contributed by atoms with E-state index in [1.165, 1.54) is 5.56 Å². The molecule has 4 heteroatoms. The van der Waals surface area contributed by atoms with Crippen molar-refractivity contribution in [2.45, 2.75) is 18.6 Å². The van der Waals surface area contributed by atoms with Crippen LogP contribution in [0.5, 0.6) is 5.75 Å². The summed E-state index contributed by atoms with van der Waals surface area (Å²) in [7, 11) is 1.69. The van der Waals surface area contributed by atoms with Gasteiger partial charge in [0.05, 0.1) is 13.7 Å². The molecule has 92 valence electrons. The van der Waals surface area contributed by atoms with Gasteiger partial charge in [-0.2, -0.15) is 0 Å². The van der Waals surface area contributed by atoms with Crippen molar-refractivity contribution >= 4 is 16.9 Å². The largest absolute Gasteiger partial charge is 0.497 e. The average Bonchev–Trinajstić information content (AvgIpc) is 2.76. The van der Waals surface area contributed by atoms with Gasteiger partial charge in [0.2, 0.25) is 0 Å². The van der Waals surface area contributed by atoms with Crippen LogP contribution in [0.4, 0.5) is 0 Å². The third-order valence-electron chi connectivity index (χ3n) is 2.65. The van der Waals surface area contributed by atoms with E-state index in [4.69, 9.17) is 4.74 Å². The quantitative estimate of drug-likeness (QED) is 0.890. The Morgan fingerprint density at radius 1 is 1.41 bits per heavy atom. The lowest BCUT2D eigenvalue weighted by molar-refractivity contribution is 0.414. The fourth-order valence-corrected chi connectivity index (χ4v) is 2.54. The van der Waals surface area contributed by atoms with E-state index >= 15 is 0 Å². The topological polar surface area (TPSA) is 33.6 Å². The number of amidine groups is 1. The molecule has 0 bridgehead atoms. The van der Waals surface area contributed by atoms with Crippen LogP contribution in [0.2, 0.25) is 0 Å². The van der Waals surface area contributed by atoms with E-state index in [2.05, 4.69) is 29.4 Å². The molecule has 0 radical (unpaired) electrons. The molecule has 0 aliphatic carbocycles. The number of methoxy groups -OCH3 is 1. The Labute approximate surface area is 107 Å². The maximum atomic E-state index is 5.13. The van der Waals surface area contributed by atoms with Crippen LogP contribution >= 0.6 is 11.8 Å². The first-order valence-corrected chi connectivity index (χ1v) is 6.74. The predicted octanol–water partition coefficient (Wildman–Crippen LogP) is 2.32. The van der Waals surface area contributed by atoms with Crippen LogP contribution in [0.3, 0.4) is 0 Å². The Balaban J connectivity index is 1.74. The number of ether oxygens (including phenoxy) is 1. The van der Waals surface area contributed by atoms with Crippen LogP contribution in [0, 0.1) is 0 Å². The molecule has 3 nitrogen and oxygen atoms in total. The molecule has 1 atom stereocenters. The van der Waals surface area contributed by atoms with Crippen molar-refractivity contribution in [2.24, 2.45) is 4.99 Å². The third kappa shape index (κ3) is 3.66. The molecule has 0 spiro atoms. The Bertz CT molecular complexity index is 389. The van der Waals surface area contributed by atoms with Gasteiger partial charge in [0.25, 0.3) is 0 Å². The molecule has 0 saturated carbocycles. The van der Waals surface area contributed by atoms with Crippen LogP contribution in [0.1, 0.15) is 12.5 Å². The molecule has 1 aromatic carbocycles. The van der Waals surface area contributed by atoms with Crippen molar-refractivity contribution in [3.8, 4) is 5.75 Å². The molecule has 0 unspecified atom stereocenters. The van der Waals surface area contributed by atoms with Crippen molar-refractivity contribution in [3.63, 3.8) is 0 Å². The van der Waals surface area contributed by atoms with Crippen LogP contribution in [0.15, 0.2) is 29.3 Å². The van der Waals surface area contributed by atoms with Crippen molar-refractivity contribution in [1.29, 1.82) is 0 Å². The summed E-state index contributed by atoms with van der Waals surface area (Å²) in [4.78, 5) is 4.42. The number of nitrogens with one attached hydrogen (secondary N) is 1. The number of benzene rings is 1. The van der Waals surface area contributed by atoms with Crippen LogP contribution < -0.4 is 10.1 Å². The highest BCUT2D eigenvalue weighted by Gasteiger charge is 2.13. The highest BCUT2D eigenvalue weighted by molar-refractivity contribution is 8.14. The minimum atomic E-state index is 0.624. The molecular weight excluding hydrogens is 232 g/mol. The number of rotatable bonds is 4. The summed E-state index contributed by atoms with van der Waals surface area (Å²) in [6, 6.07) is 8.21. The van der Waals surface area contributed by atoms with Gasteiger partial charge in [-0.25, -0.2) is 0 Å². The maximum absolute atomic E-state index is 5.13. The van der Waals surface area contributed by atoms with E-state index in [-0.39, 0.29) is 0 Å². The Hall–Kier alpha value is -1.16. The summed E-state index contributed by atoms with van der Waals surface area (Å²) in [5.74, 6) is 0.909. The van der Waals surface area contributed by atoms with Gasteiger partial charge in [-0.1, -0.05) is 30.8 Å². The average molecular weight is 250 g/mol. The number of aliphatic imine (C=N–C) groups is 1. The lowest BCUT2D eigenvalue weighted by Gasteiger charge is -2.06. The van der Waals surface area contributed by atoms with Crippen molar-refractivity contribution < 1.29 is 4.74 Å². The molecule has 1 aliphatic rings. The van der Waals surface area contributed by atoms with Gasteiger partial charge in [-0.05, 0) is 24.1 Å². The summed E-state index contributed by atoms with van der Waals surface area (Å²) in [6.07, 6.45) is 1.01. The normalized spacial score (nSPS) is 18.9. The first-order chi connectivity index (χ1) is 8.28. The summed E-state index contributed by atoms with van der Waals surface area (Å²) < 4.78 is 5.13. The van der Waals surface area contributed by atoms with Crippen LogP contribution in [0.25, 0.3) is 0 Å². The third-order valence-corrected chi connectivity index (χ3v) is 3.70. The zero-order chi connectivity index (χ0) is 12.1. The van der Waals surface area contributed by atoms with Crippen molar-refractivity contribution in [3.05, 3.63) is 29.8 Å². The summed E-state index contributed by atoms with van der Waals surface area (Å²) in [6.45, 7) is 4.08. The van der Waals surface area contributed by atoms with Crippen molar-refractivity contribution in [1.82, 2.24) is 5.32 Å². The minimum Gasteiger partial charge on any atom is -0.497 e. The van der Waals surface area contributed by atoms with E-state index in [1.54, 1.807) is 7.11 Å². The second kappa shape index (κ2) is 5.96. The highest BCUT2D eigenvalue weighted by Crippen LogP contribution is 2.18. The van der Waals surface area contributed by atoms with Gasteiger partial charge in [0.1, 0.15) is 5.75 Å². The zero-order valence-electron chi connectivity index (χ0n) is 10.3. The number of thioether (sulfide) groups is 1. The van der Waals surface area contributed by atoms with Gasteiger partial charge >= 0.3 is 0 Å². The summed E-state index contributed by atoms with van der Waals surface area (Å²) >= 11 is 1.83. The molecule has 1 aliphatic heterocycles. The first-order valence-electron chi connectivity index (χ1n) is 5.86. The van der Waals surface area contributed by atoms with Crippen molar-refractivity contribution in [2.75, 3.05) is 20.2 Å². The minimum absolute atomic E-state index is 0.624. The van der Waals surface area contributed by atoms with Gasteiger partial charge in [0.15, 0.2) is 5.17 Å². The maximum Gasteiger partial charge on any atom is 0.156 e. The Morgan fingerprint density at radius 3 is 2.76 bits per heavy atom. The van der Waals surface area contributed by atoms with E-state index in [1.807, 2.05) is 23.9 Å². The molecular formula is C13H18N2OS. The van der Waals surface area contributed by atoms with Gasteiger partial charge < -0.3 is 10.1 Å². The SMILES string of the molecule is COc1ccc(CCNC2=NC[C@@H](C)S2)cc1. The molecule has 0 amide bonds. The molecule has 2 rings (SSSR count). The van der Waals surface area contributed by atoms with E-state index in [0.29, 0.717) is 5.25 Å².